The van der Waals surface area contributed by atoms with Crippen LogP contribution in [0.1, 0.15) is 31.7 Å². The first-order valence-electron chi connectivity index (χ1n) is 8.21. The van der Waals surface area contributed by atoms with E-state index in [1.807, 2.05) is 0 Å². The van der Waals surface area contributed by atoms with E-state index in [4.69, 9.17) is 14.2 Å². The fourth-order valence-corrected chi connectivity index (χ4v) is 3.07. The number of hydrogen-bond acceptors (Lipinski definition) is 6. The summed E-state index contributed by atoms with van der Waals surface area (Å²) in [5.41, 5.74) is -1.48. The van der Waals surface area contributed by atoms with Crippen molar-refractivity contribution in [2.75, 3.05) is 13.7 Å². The molecular weight excluding hydrogens is 324 g/mol. The molecule has 0 unspecified atom stereocenters. The third-order valence-electron chi connectivity index (χ3n) is 4.30. The van der Waals surface area contributed by atoms with E-state index in [-0.39, 0.29) is 30.1 Å². The molecule has 2 aliphatic rings. The average molecular weight is 344 g/mol. The molecule has 0 amide bonds. The van der Waals surface area contributed by atoms with E-state index in [0.29, 0.717) is 29.9 Å². The Bertz CT molecular complexity index is 759. The minimum atomic E-state index is -2.19. The van der Waals surface area contributed by atoms with Gasteiger partial charge in [-0.05, 0) is 37.1 Å². The molecule has 0 fully saturated rings. The molecule has 0 spiro atoms. The lowest BCUT2D eigenvalue weighted by atomic mass is 9.84. The second-order valence-electron chi connectivity index (χ2n) is 5.89. The second-order valence-corrected chi connectivity index (χ2v) is 5.89. The van der Waals surface area contributed by atoms with E-state index in [0.717, 1.165) is 0 Å². The summed E-state index contributed by atoms with van der Waals surface area (Å²) in [5, 5.41) is 11.1. The molecule has 0 saturated carbocycles. The minimum absolute atomic E-state index is 0.00336. The number of esters is 1. The van der Waals surface area contributed by atoms with Crippen molar-refractivity contribution in [1.82, 2.24) is 0 Å². The van der Waals surface area contributed by atoms with Crippen molar-refractivity contribution in [1.29, 1.82) is 0 Å². The maximum absolute atomic E-state index is 12.5. The number of methoxy groups -OCH3 is 1. The SMILES string of the molecule is CCOC(=O)[C@@]1(O)C2=C(CCCC2=O)O/C1=C\c1ccc(OC)cc1. The lowest BCUT2D eigenvalue weighted by Crippen LogP contribution is -2.44. The van der Waals surface area contributed by atoms with E-state index in [1.54, 1.807) is 44.4 Å². The van der Waals surface area contributed by atoms with Crippen LogP contribution in [0.2, 0.25) is 0 Å². The highest BCUT2D eigenvalue weighted by Crippen LogP contribution is 2.45. The van der Waals surface area contributed by atoms with Gasteiger partial charge in [0, 0.05) is 12.8 Å². The molecule has 6 nitrogen and oxygen atoms in total. The van der Waals surface area contributed by atoms with Crippen LogP contribution in [0.4, 0.5) is 0 Å². The van der Waals surface area contributed by atoms with Gasteiger partial charge in [-0.3, -0.25) is 4.79 Å². The lowest BCUT2D eigenvalue weighted by Gasteiger charge is -2.23. The second kappa shape index (κ2) is 6.72. The molecule has 0 saturated heterocycles. The standard InChI is InChI=1S/C19H20O6/c1-3-24-18(21)19(22)16(11-12-7-9-13(23-2)10-8-12)25-15-6-4-5-14(20)17(15)19/h7-11,22H,3-6H2,1-2H3/b16-11-/t19-/m0/s1. The Morgan fingerprint density at radius 2 is 2.04 bits per heavy atom. The Labute approximate surface area is 145 Å². The highest BCUT2D eigenvalue weighted by molar-refractivity contribution is 6.08. The molecule has 1 heterocycles. The normalized spacial score (nSPS) is 24.1. The molecule has 25 heavy (non-hydrogen) atoms. The van der Waals surface area contributed by atoms with E-state index in [2.05, 4.69) is 0 Å². The average Bonchev–Trinajstić information content (AvgIpc) is 2.90. The minimum Gasteiger partial charge on any atom is -0.497 e. The van der Waals surface area contributed by atoms with Gasteiger partial charge in [0.05, 0.1) is 19.3 Å². The van der Waals surface area contributed by atoms with Gasteiger partial charge in [-0.2, -0.15) is 0 Å². The third-order valence-corrected chi connectivity index (χ3v) is 4.30. The summed E-state index contributed by atoms with van der Waals surface area (Å²) in [6.45, 7) is 1.73. The molecule has 1 aromatic carbocycles. The summed E-state index contributed by atoms with van der Waals surface area (Å²) in [7, 11) is 1.57. The lowest BCUT2D eigenvalue weighted by molar-refractivity contribution is -0.159. The molecule has 6 heteroatoms. The fourth-order valence-electron chi connectivity index (χ4n) is 3.07. The Morgan fingerprint density at radius 1 is 1.32 bits per heavy atom. The number of carbonyl (C=O) groups is 2. The molecular formula is C19H20O6. The zero-order valence-electron chi connectivity index (χ0n) is 14.2. The van der Waals surface area contributed by atoms with E-state index < -0.39 is 11.6 Å². The van der Waals surface area contributed by atoms with Crippen LogP contribution in [0.15, 0.2) is 41.4 Å². The number of aliphatic hydroxyl groups is 1. The Morgan fingerprint density at radius 3 is 2.68 bits per heavy atom. The Balaban J connectivity index is 2.04. The van der Waals surface area contributed by atoms with Crippen molar-refractivity contribution in [2.24, 2.45) is 0 Å². The van der Waals surface area contributed by atoms with Crippen LogP contribution in [0.5, 0.6) is 5.75 Å². The number of carbonyl (C=O) groups excluding carboxylic acids is 2. The molecule has 1 atom stereocenters. The maximum Gasteiger partial charge on any atom is 0.351 e. The zero-order valence-corrected chi connectivity index (χ0v) is 14.2. The van der Waals surface area contributed by atoms with Crippen LogP contribution in [0.3, 0.4) is 0 Å². The van der Waals surface area contributed by atoms with Crippen LogP contribution in [0, 0.1) is 0 Å². The number of ketones is 1. The van der Waals surface area contributed by atoms with Crippen molar-refractivity contribution in [3.8, 4) is 5.75 Å². The molecule has 0 aromatic heterocycles. The predicted octanol–water partition coefficient (Wildman–Crippen LogP) is 2.37. The van der Waals surface area contributed by atoms with Crippen molar-refractivity contribution >= 4 is 17.8 Å². The summed E-state index contributed by atoms with van der Waals surface area (Å²) in [6.07, 6.45) is 2.96. The van der Waals surface area contributed by atoms with Crippen molar-refractivity contribution < 1.29 is 28.9 Å². The summed E-state index contributed by atoms with van der Waals surface area (Å²) in [5.74, 6) is -0.143. The van der Waals surface area contributed by atoms with Gasteiger partial charge in [-0.1, -0.05) is 12.1 Å². The summed E-state index contributed by atoms with van der Waals surface area (Å²) < 4.78 is 15.8. The number of allylic oxidation sites excluding steroid dienone is 1. The van der Waals surface area contributed by atoms with Gasteiger partial charge >= 0.3 is 5.97 Å². The van der Waals surface area contributed by atoms with Gasteiger partial charge in [0.2, 0.25) is 0 Å². The largest absolute Gasteiger partial charge is 0.497 e. The third kappa shape index (κ3) is 2.93. The fraction of sp³-hybridized carbons (Fsp3) is 0.368. The van der Waals surface area contributed by atoms with Gasteiger partial charge in [0.15, 0.2) is 11.5 Å². The topological polar surface area (TPSA) is 82.1 Å². The number of hydrogen-bond donors (Lipinski definition) is 1. The number of Topliss-reactive ketones (excluding diaryl/α,β-unsaturated/α-hetero) is 1. The van der Waals surface area contributed by atoms with Crippen molar-refractivity contribution in [2.45, 2.75) is 31.8 Å². The van der Waals surface area contributed by atoms with Crippen LogP contribution < -0.4 is 4.74 Å². The van der Waals surface area contributed by atoms with E-state index in [9.17, 15) is 14.7 Å². The first-order chi connectivity index (χ1) is 12.0. The number of rotatable bonds is 4. The molecule has 132 valence electrons. The highest BCUT2D eigenvalue weighted by atomic mass is 16.6. The van der Waals surface area contributed by atoms with Crippen molar-refractivity contribution in [3.63, 3.8) is 0 Å². The van der Waals surface area contributed by atoms with Crippen LogP contribution in [-0.2, 0) is 19.1 Å². The van der Waals surface area contributed by atoms with Crippen LogP contribution in [0.25, 0.3) is 6.08 Å². The van der Waals surface area contributed by atoms with Gasteiger partial charge < -0.3 is 19.3 Å². The van der Waals surface area contributed by atoms with Gasteiger partial charge in [0.25, 0.3) is 5.60 Å². The number of ether oxygens (including phenoxy) is 3. The first kappa shape index (κ1) is 17.2. The zero-order chi connectivity index (χ0) is 18.0. The molecule has 0 bridgehead atoms. The number of benzene rings is 1. The van der Waals surface area contributed by atoms with E-state index in [1.165, 1.54) is 0 Å². The Hall–Kier alpha value is -2.60. The quantitative estimate of drug-likeness (QED) is 0.845. The summed E-state index contributed by atoms with van der Waals surface area (Å²) in [6, 6.07) is 7.03. The summed E-state index contributed by atoms with van der Waals surface area (Å²) in [4.78, 5) is 24.8. The Kier molecular flexibility index (Phi) is 4.63. The highest BCUT2D eigenvalue weighted by Gasteiger charge is 2.56. The summed E-state index contributed by atoms with van der Waals surface area (Å²) >= 11 is 0. The predicted molar refractivity (Wildman–Crippen MR) is 89.5 cm³/mol. The van der Waals surface area contributed by atoms with Gasteiger partial charge in [-0.25, -0.2) is 4.79 Å². The van der Waals surface area contributed by atoms with Gasteiger partial charge in [-0.15, -0.1) is 0 Å². The molecule has 1 N–H and O–H groups in total. The molecule has 3 rings (SSSR count). The first-order valence-corrected chi connectivity index (χ1v) is 8.21. The molecule has 0 radical (unpaired) electrons. The monoisotopic (exact) mass is 344 g/mol. The maximum atomic E-state index is 12.5. The molecule has 1 aliphatic heterocycles. The smallest absolute Gasteiger partial charge is 0.351 e. The van der Waals surface area contributed by atoms with E-state index >= 15 is 0 Å². The van der Waals surface area contributed by atoms with Crippen molar-refractivity contribution in [3.05, 3.63) is 46.9 Å². The van der Waals surface area contributed by atoms with Gasteiger partial charge in [0.1, 0.15) is 11.5 Å². The molecule has 1 aliphatic carbocycles. The van der Waals surface area contributed by atoms with Crippen LogP contribution >= 0.6 is 0 Å². The molecule has 1 aromatic rings. The van der Waals surface area contributed by atoms with Crippen LogP contribution in [-0.4, -0.2) is 36.2 Å².